The summed E-state index contributed by atoms with van der Waals surface area (Å²) in [6, 6.07) is 0. The summed E-state index contributed by atoms with van der Waals surface area (Å²) in [5.41, 5.74) is 0. The van der Waals surface area contributed by atoms with E-state index in [1.165, 1.54) is 0 Å². The highest BCUT2D eigenvalue weighted by molar-refractivity contribution is 7.99. The Morgan fingerprint density at radius 3 is 2.87 bits per heavy atom. The molecule has 0 spiro atoms. The molecule has 3 atom stereocenters. The van der Waals surface area contributed by atoms with Gasteiger partial charge >= 0.3 is 0 Å². The molecule has 2 rings (SSSR count). The average Bonchev–Trinajstić information content (AvgIpc) is 2.74. The third-order valence-corrected chi connectivity index (χ3v) is 4.61. The Balaban J connectivity index is 1.90. The first-order chi connectivity index (χ1) is 7.18. The van der Waals surface area contributed by atoms with Gasteiger partial charge in [0.2, 0.25) is 5.91 Å². The second-order valence-corrected chi connectivity index (χ2v) is 5.83. The quantitative estimate of drug-likeness (QED) is 0.728. The predicted molar refractivity (Wildman–Crippen MR) is 61.8 cm³/mol. The molecule has 0 aromatic carbocycles. The molecule has 2 fully saturated rings. The number of piperidine rings is 1. The molecule has 3 nitrogen and oxygen atoms in total. The summed E-state index contributed by atoms with van der Waals surface area (Å²) >= 11 is 1.88. The van der Waals surface area contributed by atoms with Crippen LogP contribution in [-0.2, 0) is 4.79 Å². The minimum atomic E-state index is -0.216. The van der Waals surface area contributed by atoms with Gasteiger partial charge in [-0.25, -0.2) is 0 Å². The third-order valence-electron chi connectivity index (χ3n) is 3.45. The van der Waals surface area contributed by atoms with E-state index in [9.17, 15) is 9.90 Å². The first-order valence-electron chi connectivity index (χ1n) is 5.73. The van der Waals surface area contributed by atoms with Crippen LogP contribution in [-0.4, -0.2) is 46.6 Å². The number of rotatable bonds is 1. The molecule has 3 unspecified atom stereocenters. The molecule has 2 aliphatic rings. The number of hydrogen-bond acceptors (Lipinski definition) is 3. The second-order valence-electron chi connectivity index (χ2n) is 4.68. The zero-order valence-electron chi connectivity index (χ0n) is 9.19. The van der Waals surface area contributed by atoms with E-state index < -0.39 is 0 Å². The van der Waals surface area contributed by atoms with Crippen LogP contribution < -0.4 is 0 Å². The monoisotopic (exact) mass is 229 g/mol. The molecule has 2 aliphatic heterocycles. The minimum Gasteiger partial charge on any atom is -0.393 e. The van der Waals surface area contributed by atoms with Gasteiger partial charge in [0.05, 0.1) is 6.10 Å². The van der Waals surface area contributed by atoms with E-state index in [1.807, 2.05) is 23.6 Å². The molecule has 0 saturated carbocycles. The molecule has 1 amide bonds. The third kappa shape index (κ3) is 2.48. The Bertz CT molecular complexity index is 241. The van der Waals surface area contributed by atoms with Crippen LogP contribution in [0.15, 0.2) is 0 Å². The van der Waals surface area contributed by atoms with Gasteiger partial charge in [0, 0.05) is 24.8 Å². The van der Waals surface area contributed by atoms with E-state index in [4.69, 9.17) is 0 Å². The van der Waals surface area contributed by atoms with E-state index in [0.717, 1.165) is 37.4 Å². The maximum absolute atomic E-state index is 12.1. The normalized spacial score (nSPS) is 36.9. The fourth-order valence-electron chi connectivity index (χ4n) is 2.32. The Kier molecular flexibility index (Phi) is 3.57. The van der Waals surface area contributed by atoms with Crippen molar-refractivity contribution in [3.05, 3.63) is 0 Å². The van der Waals surface area contributed by atoms with Gasteiger partial charge in [-0.1, -0.05) is 6.92 Å². The summed E-state index contributed by atoms with van der Waals surface area (Å²) in [6.45, 7) is 3.50. The predicted octanol–water partition coefficient (Wildman–Crippen LogP) is 0.969. The molecule has 4 heteroatoms. The number of nitrogens with zero attached hydrogens (tertiary/aromatic N) is 1. The van der Waals surface area contributed by atoms with Gasteiger partial charge in [-0.15, -0.1) is 0 Å². The smallest absolute Gasteiger partial charge is 0.226 e. The molecule has 1 N–H and O–H groups in total. The van der Waals surface area contributed by atoms with E-state index in [0.29, 0.717) is 5.91 Å². The lowest BCUT2D eigenvalue weighted by molar-refractivity contribution is -0.138. The highest BCUT2D eigenvalue weighted by Gasteiger charge is 2.32. The zero-order valence-corrected chi connectivity index (χ0v) is 10.0. The number of likely N-dealkylation sites (tertiary alicyclic amines) is 1. The van der Waals surface area contributed by atoms with Crippen LogP contribution in [0.3, 0.4) is 0 Å². The number of carbonyl (C=O) groups excluding carboxylic acids is 1. The van der Waals surface area contributed by atoms with Crippen molar-refractivity contribution < 1.29 is 9.90 Å². The van der Waals surface area contributed by atoms with Gasteiger partial charge in [-0.2, -0.15) is 11.8 Å². The molecule has 86 valence electrons. The van der Waals surface area contributed by atoms with Crippen molar-refractivity contribution in [2.45, 2.75) is 25.9 Å². The molecule has 0 aromatic rings. The minimum absolute atomic E-state index is 0.216. The van der Waals surface area contributed by atoms with Crippen LogP contribution in [0.5, 0.6) is 0 Å². The van der Waals surface area contributed by atoms with E-state index >= 15 is 0 Å². The fraction of sp³-hybridized carbons (Fsp3) is 0.909. The van der Waals surface area contributed by atoms with Crippen molar-refractivity contribution in [3.63, 3.8) is 0 Å². The molecule has 0 bridgehead atoms. The van der Waals surface area contributed by atoms with Crippen LogP contribution >= 0.6 is 11.8 Å². The van der Waals surface area contributed by atoms with Crippen molar-refractivity contribution in [2.24, 2.45) is 11.8 Å². The first-order valence-corrected chi connectivity index (χ1v) is 6.88. The van der Waals surface area contributed by atoms with E-state index in [-0.39, 0.29) is 17.9 Å². The molecule has 2 heterocycles. The van der Waals surface area contributed by atoms with Crippen LogP contribution in [0.4, 0.5) is 0 Å². The SMILES string of the molecule is CC1CN(C(=O)C2CCSC2)CCC1O. The van der Waals surface area contributed by atoms with Gasteiger partial charge in [0.25, 0.3) is 0 Å². The molecular formula is C11H19NO2S. The van der Waals surface area contributed by atoms with Crippen molar-refractivity contribution in [2.75, 3.05) is 24.6 Å². The molecule has 0 aromatic heterocycles. The van der Waals surface area contributed by atoms with Gasteiger partial charge in [-0.3, -0.25) is 4.79 Å². The van der Waals surface area contributed by atoms with Crippen LogP contribution in [0, 0.1) is 11.8 Å². The highest BCUT2D eigenvalue weighted by Crippen LogP contribution is 2.27. The van der Waals surface area contributed by atoms with Crippen molar-refractivity contribution in [3.8, 4) is 0 Å². The maximum atomic E-state index is 12.1. The average molecular weight is 229 g/mol. The summed E-state index contributed by atoms with van der Waals surface area (Å²) < 4.78 is 0. The van der Waals surface area contributed by atoms with Gasteiger partial charge in [0.15, 0.2) is 0 Å². The van der Waals surface area contributed by atoms with Crippen LogP contribution in [0.25, 0.3) is 0 Å². The number of carbonyl (C=O) groups is 1. The lowest BCUT2D eigenvalue weighted by Crippen LogP contribution is -2.47. The number of hydrogen-bond donors (Lipinski definition) is 1. The van der Waals surface area contributed by atoms with Gasteiger partial charge in [0.1, 0.15) is 0 Å². The van der Waals surface area contributed by atoms with Gasteiger partial charge < -0.3 is 10.0 Å². The number of aliphatic hydroxyl groups is 1. The maximum Gasteiger partial charge on any atom is 0.226 e. The number of thioether (sulfide) groups is 1. The Morgan fingerprint density at radius 2 is 2.27 bits per heavy atom. The molecule has 2 saturated heterocycles. The Labute approximate surface area is 95.2 Å². The lowest BCUT2D eigenvalue weighted by Gasteiger charge is -2.35. The number of aliphatic hydroxyl groups excluding tert-OH is 1. The molecule has 0 aliphatic carbocycles. The summed E-state index contributed by atoms with van der Waals surface area (Å²) in [5.74, 6) is 2.92. The Hall–Kier alpha value is -0.220. The summed E-state index contributed by atoms with van der Waals surface area (Å²) in [4.78, 5) is 14.0. The standard InChI is InChI=1S/C11H19NO2S/c1-8-6-12(4-2-10(8)13)11(14)9-3-5-15-7-9/h8-10,13H,2-7H2,1H3. The zero-order chi connectivity index (χ0) is 10.8. The first kappa shape index (κ1) is 11.3. The fourth-order valence-corrected chi connectivity index (χ4v) is 3.53. The van der Waals surface area contributed by atoms with Crippen molar-refractivity contribution in [1.82, 2.24) is 4.90 Å². The van der Waals surface area contributed by atoms with E-state index in [1.54, 1.807) is 0 Å². The summed E-state index contributed by atoms with van der Waals surface area (Å²) in [6.07, 6.45) is 1.57. The summed E-state index contributed by atoms with van der Waals surface area (Å²) in [7, 11) is 0. The Morgan fingerprint density at radius 1 is 1.47 bits per heavy atom. The lowest BCUT2D eigenvalue weighted by atomic mass is 9.95. The van der Waals surface area contributed by atoms with Crippen LogP contribution in [0.2, 0.25) is 0 Å². The molecule has 0 radical (unpaired) electrons. The van der Waals surface area contributed by atoms with Gasteiger partial charge in [-0.05, 0) is 24.5 Å². The van der Waals surface area contributed by atoms with Crippen molar-refractivity contribution >= 4 is 17.7 Å². The molecular weight excluding hydrogens is 210 g/mol. The second kappa shape index (κ2) is 4.74. The number of amides is 1. The van der Waals surface area contributed by atoms with Crippen LogP contribution in [0.1, 0.15) is 19.8 Å². The molecule has 15 heavy (non-hydrogen) atoms. The highest BCUT2D eigenvalue weighted by atomic mass is 32.2. The summed E-state index contributed by atoms with van der Waals surface area (Å²) in [5, 5.41) is 9.60. The van der Waals surface area contributed by atoms with E-state index in [2.05, 4.69) is 0 Å². The largest absolute Gasteiger partial charge is 0.393 e. The van der Waals surface area contributed by atoms with Crippen molar-refractivity contribution in [1.29, 1.82) is 0 Å². The topological polar surface area (TPSA) is 40.5 Å².